The van der Waals surface area contributed by atoms with Crippen LogP contribution in [0.2, 0.25) is 0 Å². The van der Waals surface area contributed by atoms with Crippen molar-refractivity contribution in [2.45, 2.75) is 20.8 Å². The van der Waals surface area contributed by atoms with E-state index in [4.69, 9.17) is 0 Å². The first kappa shape index (κ1) is 9.92. The molecule has 0 radical (unpaired) electrons. The standard InChI is InChI=1S/C9H11NO2S/c1-6-4-9(13-8(6)3)5-7(2)10(11)12/h4-5H,1-3H3. The van der Waals surface area contributed by atoms with Crippen molar-refractivity contribution in [2.75, 3.05) is 0 Å². The van der Waals surface area contributed by atoms with Crippen LogP contribution in [0.25, 0.3) is 6.08 Å². The molecular weight excluding hydrogens is 186 g/mol. The molecule has 0 fully saturated rings. The highest BCUT2D eigenvalue weighted by Crippen LogP contribution is 2.22. The van der Waals surface area contributed by atoms with E-state index in [2.05, 4.69) is 0 Å². The van der Waals surface area contributed by atoms with Gasteiger partial charge in [0.15, 0.2) is 0 Å². The Hall–Kier alpha value is -1.16. The van der Waals surface area contributed by atoms with E-state index in [1.54, 1.807) is 17.4 Å². The van der Waals surface area contributed by atoms with Crippen molar-refractivity contribution >= 4 is 17.4 Å². The van der Waals surface area contributed by atoms with E-state index in [9.17, 15) is 10.1 Å². The number of thiophene rings is 1. The van der Waals surface area contributed by atoms with Crippen molar-refractivity contribution in [1.82, 2.24) is 0 Å². The molecule has 1 aromatic heterocycles. The molecule has 1 heterocycles. The predicted octanol–water partition coefficient (Wildman–Crippen LogP) is 3.00. The highest BCUT2D eigenvalue weighted by molar-refractivity contribution is 7.13. The maximum atomic E-state index is 10.3. The van der Waals surface area contributed by atoms with E-state index in [0.717, 1.165) is 4.88 Å². The third-order valence-electron chi connectivity index (χ3n) is 1.82. The molecule has 1 rings (SSSR count). The lowest BCUT2D eigenvalue weighted by molar-refractivity contribution is -0.422. The van der Waals surface area contributed by atoms with Crippen LogP contribution in [0.5, 0.6) is 0 Å². The molecule has 70 valence electrons. The molecule has 0 unspecified atom stereocenters. The molecule has 1 aromatic rings. The molecule has 0 saturated carbocycles. The zero-order valence-corrected chi connectivity index (χ0v) is 8.64. The van der Waals surface area contributed by atoms with Gasteiger partial charge < -0.3 is 0 Å². The van der Waals surface area contributed by atoms with Crippen LogP contribution in [0.1, 0.15) is 22.2 Å². The van der Waals surface area contributed by atoms with Crippen LogP contribution in [0.3, 0.4) is 0 Å². The molecule has 13 heavy (non-hydrogen) atoms. The lowest BCUT2D eigenvalue weighted by atomic mass is 10.3. The fourth-order valence-corrected chi connectivity index (χ4v) is 1.97. The van der Waals surface area contributed by atoms with Gasteiger partial charge in [0.25, 0.3) is 0 Å². The van der Waals surface area contributed by atoms with Crippen LogP contribution in [0.4, 0.5) is 0 Å². The molecule has 0 aliphatic rings. The van der Waals surface area contributed by atoms with Crippen LogP contribution in [-0.2, 0) is 0 Å². The van der Waals surface area contributed by atoms with Gasteiger partial charge in [0.2, 0.25) is 5.70 Å². The van der Waals surface area contributed by atoms with E-state index in [-0.39, 0.29) is 10.6 Å². The second-order valence-electron chi connectivity index (χ2n) is 2.93. The van der Waals surface area contributed by atoms with Gasteiger partial charge in [-0.15, -0.1) is 11.3 Å². The largest absolute Gasteiger partial charge is 0.259 e. The van der Waals surface area contributed by atoms with Crippen molar-refractivity contribution in [3.8, 4) is 0 Å². The highest BCUT2D eigenvalue weighted by Gasteiger charge is 2.04. The van der Waals surface area contributed by atoms with E-state index in [0.29, 0.717) is 0 Å². The van der Waals surface area contributed by atoms with Crippen LogP contribution in [0, 0.1) is 24.0 Å². The van der Waals surface area contributed by atoms with Crippen LogP contribution in [-0.4, -0.2) is 4.92 Å². The molecule has 0 aromatic carbocycles. The Balaban J connectivity index is 2.98. The number of nitrogens with zero attached hydrogens (tertiary/aromatic N) is 1. The van der Waals surface area contributed by atoms with Gasteiger partial charge in [-0.05, 0) is 25.5 Å². The summed E-state index contributed by atoms with van der Waals surface area (Å²) < 4.78 is 0. The summed E-state index contributed by atoms with van der Waals surface area (Å²) in [5.74, 6) is 0. The third-order valence-corrected chi connectivity index (χ3v) is 2.92. The maximum absolute atomic E-state index is 10.3. The first-order chi connectivity index (χ1) is 6.00. The highest BCUT2D eigenvalue weighted by atomic mass is 32.1. The molecule has 3 nitrogen and oxygen atoms in total. The number of allylic oxidation sites excluding steroid dienone is 1. The second-order valence-corrected chi connectivity index (χ2v) is 4.22. The lowest BCUT2D eigenvalue weighted by Crippen LogP contribution is -1.91. The number of hydrogen-bond donors (Lipinski definition) is 0. The first-order valence-electron chi connectivity index (χ1n) is 3.90. The topological polar surface area (TPSA) is 43.1 Å². The fraction of sp³-hybridized carbons (Fsp3) is 0.333. The summed E-state index contributed by atoms with van der Waals surface area (Å²) in [5.41, 5.74) is 1.37. The van der Waals surface area contributed by atoms with Crippen molar-refractivity contribution < 1.29 is 4.92 Å². The molecule has 0 aliphatic carbocycles. The smallest absolute Gasteiger partial charge is 0.244 e. The fourth-order valence-electron chi connectivity index (χ4n) is 0.931. The molecule has 0 saturated heterocycles. The first-order valence-corrected chi connectivity index (χ1v) is 4.72. The van der Waals surface area contributed by atoms with Gasteiger partial charge in [-0.2, -0.15) is 0 Å². The summed E-state index contributed by atoms with van der Waals surface area (Å²) in [6.07, 6.45) is 1.60. The summed E-state index contributed by atoms with van der Waals surface area (Å²) in [5, 5.41) is 10.3. The zero-order chi connectivity index (χ0) is 10.0. The molecule has 0 amide bonds. The van der Waals surface area contributed by atoms with Crippen molar-refractivity contribution in [2.24, 2.45) is 0 Å². The van der Waals surface area contributed by atoms with Crippen molar-refractivity contribution in [3.63, 3.8) is 0 Å². The lowest BCUT2D eigenvalue weighted by Gasteiger charge is -1.86. The molecular formula is C9H11NO2S. The zero-order valence-electron chi connectivity index (χ0n) is 7.83. The van der Waals surface area contributed by atoms with E-state index in [1.807, 2.05) is 19.9 Å². The van der Waals surface area contributed by atoms with Crippen molar-refractivity contribution in [3.05, 3.63) is 37.2 Å². The van der Waals surface area contributed by atoms with E-state index < -0.39 is 0 Å². The number of nitro groups is 1. The Morgan fingerprint density at radius 2 is 2.23 bits per heavy atom. The van der Waals surface area contributed by atoms with Crippen LogP contribution in [0.15, 0.2) is 11.8 Å². The third kappa shape index (κ3) is 2.39. The summed E-state index contributed by atoms with van der Waals surface area (Å²) in [4.78, 5) is 12.1. The quantitative estimate of drug-likeness (QED) is 0.540. The molecule has 4 heteroatoms. The Labute approximate surface area is 80.9 Å². The normalized spacial score (nSPS) is 11.8. The summed E-state index contributed by atoms with van der Waals surface area (Å²) in [6.45, 7) is 5.52. The number of hydrogen-bond acceptors (Lipinski definition) is 3. The monoisotopic (exact) mass is 197 g/mol. The SMILES string of the molecule is CC(=Cc1cc(C)c(C)s1)[N+](=O)[O-]. The number of aryl methyl sites for hydroxylation is 2. The Bertz CT molecular complexity index is 346. The summed E-state index contributed by atoms with van der Waals surface area (Å²) in [7, 11) is 0. The second kappa shape index (κ2) is 3.70. The van der Waals surface area contributed by atoms with Gasteiger partial charge in [0, 0.05) is 22.8 Å². The number of rotatable bonds is 2. The van der Waals surface area contributed by atoms with Gasteiger partial charge in [-0.3, -0.25) is 10.1 Å². The average Bonchev–Trinajstić information content (AvgIpc) is 2.31. The molecule has 0 spiro atoms. The van der Waals surface area contributed by atoms with Gasteiger partial charge in [-0.1, -0.05) is 0 Å². The Morgan fingerprint density at radius 3 is 2.62 bits per heavy atom. The van der Waals surface area contributed by atoms with E-state index >= 15 is 0 Å². The van der Waals surface area contributed by atoms with E-state index in [1.165, 1.54) is 17.4 Å². The predicted molar refractivity (Wildman–Crippen MR) is 54.4 cm³/mol. The minimum Gasteiger partial charge on any atom is -0.259 e. The van der Waals surface area contributed by atoms with Gasteiger partial charge in [0.05, 0.1) is 4.92 Å². The minimum absolute atomic E-state index is 0.182. The van der Waals surface area contributed by atoms with Gasteiger partial charge in [-0.25, -0.2) is 0 Å². The van der Waals surface area contributed by atoms with Gasteiger partial charge >= 0.3 is 0 Å². The average molecular weight is 197 g/mol. The molecule has 0 N–H and O–H groups in total. The molecule has 0 aliphatic heterocycles. The molecule has 0 atom stereocenters. The minimum atomic E-state index is -0.371. The summed E-state index contributed by atoms with van der Waals surface area (Å²) >= 11 is 1.58. The Kier molecular flexibility index (Phi) is 2.83. The van der Waals surface area contributed by atoms with Crippen LogP contribution < -0.4 is 0 Å². The van der Waals surface area contributed by atoms with Crippen LogP contribution >= 0.6 is 11.3 Å². The van der Waals surface area contributed by atoms with Crippen molar-refractivity contribution in [1.29, 1.82) is 0 Å². The summed E-state index contributed by atoms with van der Waals surface area (Å²) in [6, 6.07) is 1.97. The maximum Gasteiger partial charge on any atom is 0.244 e. The molecule has 0 bridgehead atoms. The van der Waals surface area contributed by atoms with Gasteiger partial charge in [0.1, 0.15) is 0 Å². The Morgan fingerprint density at radius 1 is 1.62 bits per heavy atom.